The van der Waals surface area contributed by atoms with Gasteiger partial charge in [-0.15, -0.1) is 0 Å². The number of rotatable bonds is 17. The van der Waals surface area contributed by atoms with Crippen molar-refractivity contribution in [3.63, 3.8) is 0 Å². The van der Waals surface area contributed by atoms with Gasteiger partial charge in [0.25, 0.3) is 0 Å². The van der Waals surface area contributed by atoms with Gasteiger partial charge in [-0.3, -0.25) is 56.7 Å². The molecule has 0 aliphatic carbocycles. The standard InChI is InChI=1S/C28H27FN4O3.C27H25ClN4O4.C25H21ClN4O3/c1-3-19-7-5-9-25(27(19)29)36-22-12-10-20(11-13-22)32-24-17-30-15-14-23(24)33(28(32)35)21-8-6-16-31(18-21)26(34)4-2;1-3-25(33)30-15-5-6-19(17-30)32-21-13-14-29-16-22(21)31(27(32)34)18-9-11-20(12-10-18)36-24-8-4-7-23(35-2)26(24)28;1-2-23(31)28-13-12-18(16-28)30-24-21(26)14-27-15-22(24)29(25(30)32)17-8-10-20(11-9-17)33-19-6-4-3-5-7-19/h4-5,7,9-15,17,21H,2-3,6,8,16,18H2,1H3;3-4,7-14,16,19H,1,5-6,15,17H2,2H3;2-11,14-15,18H,1,12-13,16H2/t21-;19-;18-/m111/s1. The summed E-state index contributed by atoms with van der Waals surface area (Å²) in [5.74, 6) is 2.81. The van der Waals surface area contributed by atoms with E-state index in [2.05, 4.69) is 34.7 Å². The molecule has 0 saturated carbocycles. The minimum Gasteiger partial charge on any atom is -0.495 e. The summed E-state index contributed by atoms with van der Waals surface area (Å²) < 4.78 is 47.5. The molecule has 534 valence electrons. The molecule has 0 N–H and O–H groups in total. The molecular weight excluding hydrogens is 1380 g/mol. The summed E-state index contributed by atoms with van der Waals surface area (Å²) >= 11 is 12.9. The van der Waals surface area contributed by atoms with Gasteiger partial charge in [0.15, 0.2) is 11.6 Å². The first-order valence-corrected chi connectivity index (χ1v) is 35.0. The Kier molecular flexibility index (Phi) is 21.5. The fourth-order valence-electron chi connectivity index (χ4n) is 13.8. The quantitative estimate of drug-likeness (QED) is 0.0776. The van der Waals surface area contributed by atoms with Crippen LogP contribution in [-0.4, -0.2) is 121 Å². The van der Waals surface area contributed by atoms with E-state index in [0.717, 1.165) is 42.5 Å². The van der Waals surface area contributed by atoms with Crippen LogP contribution in [0.15, 0.2) is 241 Å². The molecule has 105 heavy (non-hydrogen) atoms. The summed E-state index contributed by atoms with van der Waals surface area (Å²) in [6, 6.07) is 44.5. The lowest BCUT2D eigenvalue weighted by molar-refractivity contribution is -0.128. The minimum atomic E-state index is -0.370. The fourth-order valence-corrected chi connectivity index (χ4v) is 14.3. The maximum absolute atomic E-state index is 14.6. The molecule has 25 heteroatoms. The van der Waals surface area contributed by atoms with Crippen LogP contribution in [0, 0.1) is 5.82 Å². The van der Waals surface area contributed by atoms with E-state index >= 15 is 0 Å². The maximum Gasteiger partial charge on any atom is 0.334 e. The summed E-state index contributed by atoms with van der Waals surface area (Å²) in [7, 11) is 1.55. The number of piperidine rings is 2. The van der Waals surface area contributed by atoms with E-state index in [4.69, 9.17) is 42.1 Å². The number of carbonyl (C=O) groups is 3. The summed E-state index contributed by atoms with van der Waals surface area (Å²) in [4.78, 5) is 95.4. The second-order valence-electron chi connectivity index (χ2n) is 25.1. The number of fused-ring (bicyclic) bond motifs is 3. The molecular formula is C80H73Cl2FN12O10. The summed E-state index contributed by atoms with van der Waals surface area (Å²) in [6.07, 6.45) is 18.2. The van der Waals surface area contributed by atoms with Crippen molar-refractivity contribution in [3.05, 3.63) is 280 Å². The van der Waals surface area contributed by atoms with Gasteiger partial charge in [-0.1, -0.05) is 86.3 Å². The van der Waals surface area contributed by atoms with Crippen LogP contribution in [0.1, 0.15) is 62.7 Å². The molecule has 0 bridgehead atoms. The van der Waals surface area contributed by atoms with Crippen molar-refractivity contribution in [2.75, 3.05) is 46.4 Å². The van der Waals surface area contributed by atoms with Gasteiger partial charge in [0.1, 0.15) is 39.5 Å². The molecule has 22 nitrogen and oxygen atoms in total. The monoisotopic (exact) mass is 1450 g/mol. The zero-order valence-corrected chi connectivity index (χ0v) is 59.1. The van der Waals surface area contributed by atoms with Gasteiger partial charge in [0, 0.05) is 57.9 Å². The van der Waals surface area contributed by atoms with Gasteiger partial charge in [-0.05, 0) is 178 Å². The molecule has 12 aromatic rings. The number of benzene rings is 6. The van der Waals surface area contributed by atoms with Crippen LogP contribution in [0.25, 0.3) is 50.2 Å². The third-order valence-electron chi connectivity index (χ3n) is 18.9. The van der Waals surface area contributed by atoms with Crippen LogP contribution in [0.4, 0.5) is 4.39 Å². The highest BCUT2D eigenvalue weighted by molar-refractivity contribution is 6.35. The number of hydrogen-bond acceptors (Lipinski definition) is 13. The zero-order valence-electron chi connectivity index (χ0n) is 57.6. The molecule has 15 rings (SSSR count). The Bertz CT molecular complexity index is 5210. The Balaban J connectivity index is 0.000000140. The normalized spacial score (nSPS) is 15.7. The van der Waals surface area contributed by atoms with E-state index in [-0.39, 0.29) is 64.5 Å². The molecule has 3 aliphatic rings. The smallest absolute Gasteiger partial charge is 0.334 e. The largest absolute Gasteiger partial charge is 0.495 e. The third kappa shape index (κ3) is 14.7. The molecule has 0 radical (unpaired) electrons. The number of aromatic nitrogens is 9. The molecule has 3 fully saturated rings. The Labute approximate surface area is 612 Å². The Morgan fingerprint density at radius 1 is 0.476 bits per heavy atom. The highest BCUT2D eigenvalue weighted by Crippen LogP contribution is 2.38. The van der Waals surface area contributed by atoms with Gasteiger partial charge >= 0.3 is 17.1 Å². The highest BCUT2D eigenvalue weighted by Gasteiger charge is 2.33. The first-order chi connectivity index (χ1) is 51.1. The van der Waals surface area contributed by atoms with Crippen LogP contribution in [0.5, 0.6) is 40.2 Å². The molecule has 3 saturated heterocycles. The number of nitrogens with zero attached hydrogens (tertiary/aromatic N) is 12. The van der Waals surface area contributed by atoms with Crippen molar-refractivity contribution in [2.45, 2.75) is 63.6 Å². The summed E-state index contributed by atoms with van der Waals surface area (Å²) in [6.45, 7) is 15.8. The second-order valence-corrected chi connectivity index (χ2v) is 25.9. The molecule has 6 aromatic heterocycles. The number of ether oxygens (including phenoxy) is 4. The van der Waals surface area contributed by atoms with Crippen molar-refractivity contribution < 1.29 is 37.7 Å². The predicted octanol–water partition coefficient (Wildman–Crippen LogP) is 14.6. The fraction of sp³-hybridized carbons (Fsp3) is 0.212. The molecule has 3 aliphatic heterocycles. The molecule has 0 spiro atoms. The number of amides is 3. The average Bonchev–Trinajstić information content (AvgIpc) is 1.60. The van der Waals surface area contributed by atoms with Crippen LogP contribution >= 0.6 is 23.2 Å². The third-order valence-corrected chi connectivity index (χ3v) is 19.5. The summed E-state index contributed by atoms with van der Waals surface area (Å²) in [5.41, 5.74) is 6.08. The molecule has 3 atom stereocenters. The van der Waals surface area contributed by atoms with E-state index < -0.39 is 0 Å². The van der Waals surface area contributed by atoms with Crippen molar-refractivity contribution in [3.8, 4) is 57.3 Å². The number of hydrogen-bond donors (Lipinski definition) is 0. The average molecular weight is 1450 g/mol. The van der Waals surface area contributed by atoms with Gasteiger partial charge in [0.05, 0.1) is 99.0 Å². The Hall–Kier alpha value is -12.1. The molecule has 0 unspecified atom stereocenters. The number of imidazole rings is 3. The van der Waals surface area contributed by atoms with Crippen molar-refractivity contribution in [1.29, 1.82) is 0 Å². The lowest BCUT2D eigenvalue weighted by Crippen LogP contribution is -2.42. The number of carbonyl (C=O) groups excluding carboxylic acids is 3. The van der Waals surface area contributed by atoms with Crippen LogP contribution in [0.3, 0.4) is 0 Å². The number of likely N-dealkylation sites (tertiary alicyclic amines) is 3. The van der Waals surface area contributed by atoms with E-state index in [9.17, 15) is 33.2 Å². The van der Waals surface area contributed by atoms with Gasteiger partial charge in [-0.2, -0.15) is 0 Å². The Morgan fingerprint density at radius 2 is 0.905 bits per heavy atom. The minimum absolute atomic E-state index is 0.120. The Morgan fingerprint density at radius 3 is 1.41 bits per heavy atom. The highest BCUT2D eigenvalue weighted by atomic mass is 35.5. The first-order valence-electron chi connectivity index (χ1n) is 34.2. The van der Waals surface area contributed by atoms with Crippen LogP contribution in [0.2, 0.25) is 10.0 Å². The van der Waals surface area contributed by atoms with Crippen LogP contribution < -0.4 is 36.0 Å². The zero-order chi connectivity index (χ0) is 73.4. The van der Waals surface area contributed by atoms with Gasteiger partial charge < -0.3 is 33.6 Å². The van der Waals surface area contributed by atoms with Crippen molar-refractivity contribution in [2.24, 2.45) is 0 Å². The topological polar surface area (TPSA) is 217 Å². The number of halogens is 3. The second kappa shape index (κ2) is 31.7. The number of para-hydroxylation sites is 1. The number of aryl methyl sites for hydroxylation is 1. The van der Waals surface area contributed by atoms with Gasteiger partial charge in [0.2, 0.25) is 17.7 Å². The maximum atomic E-state index is 14.6. The van der Waals surface area contributed by atoms with Gasteiger partial charge in [-0.25, -0.2) is 18.8 Å². The van der Waals surface area contributed by atoms with E-state index in [1.807, 2.05) is 85.8 Å². The number of pyridine rings is 3. The van der Waals surface area contributed by atoms with Crippen molar-refractivity contribution in [1.82, 2.24) is 57.1 Å². The lowest BCUT2D eigenvalue weighted by Gasteiger charge is -2.32. The van der Waals surface area contributed by atoms with E-state index in [1.54, 1.807) is 153 Å². The number of methoxy groups -OCH3 is 1. The van der Waals surface area contributed by atoms with E-state index in [0.29, 0.717) is 136 Å². The molecule has 9 heterocycles. The van der Waals surface area contributed by atoms with Crippen LogP contribution in [-0.2, 0) is 20.8 Å². The predicted molar refractivity (Wildman–Crippen MR) is 402 cm³/mol. The van der Waals surface area contributed by atoms with Crippen molar-refractivity contribution >= 4 is 74.0 Å². The van der Waals surface area contributed by atoms with E-state index in [1.165, 1.54) is 24.4 Å². The molecule has 3 amide bonds. The lowest BCUT2D eigenvalue weighted by atomic mass is 10.1. The summed E-state index contributed by atoms with van der Waals surface area (Å²) in [5, 5.41) is 0.770. The SMILES string of the molecule is C=CC(=O)N1CCC[C@@H](n2c(=O)n(-c3ccc(Oc4cccc(CC)c4F)cc3)c3cnccc32)C1.C=CC(=O)N1CCC[C@@H](n2c(=O)n(-c3ccc(Oc4cccc(OC)c4Cl)cc3)c3cnccc32)C1.C=CC(=O)N1CC[C@@H](n2c(=O)n(-c3ccc(Oc4ccccc4)cc3)c3cncc(Cl)c32)C1. The molecule has 6 aromatic carbocycles. The first kappa shape index (κ1) is 71.3.